The zero-order chi connectivity index (χ0) is 20.2. The molecule has 164 valence electrons. The second-order valence-electron chi connectivity index (χ2n) is 8.75. The molecule has 1 aromatic heterocycles. The van der Waals surface area contributed by atoms with Crippen LogP contribution in [0.3, 0.4) is 0 Å². The Hall–Kier alpha value is -1.29. The number of nitrogens with zero attached hydrogens (tertiary/aromatic N) is 2. The molecular formula is C23H32IN4O2-. The van der Waals surface area contributed by atoms with Gasteiger partial charge in [0, 0.05) is 0 Å². The van der Waals surface area contributed by atoms with Crippen molar-refractivity contribution in [3.63, 3.8) is 0 Å². The number of fused-ring (bicyclic) bond motifs is 1. The predicted molar refractivity (Wildman–Crippen MR) is 113 cm³/mol. The van der Waals surface area contributed by atoms with Crippen molar-refractivity contribution < 1.29 is 28.2 Å². The second kappa shape index (κ2) is 9.89. The first-order valence-corrected chi connectivity index (χ1v) is 13.0. The fourth-order valence-electron chi connectivity index (χ4n) is 4.91. The number of halogens is 1. The minimum absolute atomic E-state index is 0.441. The number of benzene rings is 1. The molecule has 0 bridgehead atoms. The average Bonchev–Trinajstić information content (AvgIpc) is 3.44. The molecule has 2 atom stereocenters. The normalized spacial score (nSPS) is 24.0. The summed E-state index contributed by atoms with van der Waals surface area (Å²) < 4.78 is 13.8. The van der Waals surface area contributed by atoms with Crippen LogP contribution < -0.4 is 38.8 Å². The molecule has 2 aromatic rings. The molecule has 3 aliphatic heterocycles. The molecule has 5 rings (SSSR count). The molecule has 0 spiro atoms. The Balaban J connectivity index is 1.32. The van der Waals surface area contributed by atoms with Crippen molar-refractivity contribution in [2.75, 3.05) is 26.2 Å². The van der Waals surface area contributed by atoms with E-state index in [0.717, 1.165) is 56.7 Å². The van der Waals surface area contributed by atoms with Gasteiger partial charge in [0.05, 0.1) is 0 Å². The summed E-state index contributed by atoms with van der Waals surface area (Å²) in [5.74, 6) is 2.55. The minimum atomic E-state index is -0.615. The van der Waals surface area contributed by atoms with Crippen LogP contribution in [0.25, 0.3) is 0 Å². The van der Waals surface area contributed by atoms with E-state index in [1.807, 2.05) is 0 Å². The van der Waals surface area contributed by atoms with Crippen LogP contribution in [-0.2, 0) is 13.1 Å². The van der Waals surface area contributed by atoms with E-state index in [-0.39, 0.29) is 0 Å². The average molecular weight is 523 g/mol. The number of hydrogen-bond acceptors (Lipinski definition) is 5. The van der Waals surface area contributed by atoms with Crippen LogP contribution >= 0.6 is 0 Å². The predicted octanol–water partition coefficient (Wildman–Crippen LogP) is 0.452. The zero-order valence-corrected chi connectivity index (χ0v) is 19.6. The number of hydrogen-bond donors (Lipinski definition) is 2. The Morgan fingerprint density at radius 1 is 1.03 bits per heavy atom. The van der Waals surface area contributed by atoms with Crippen molar-refractivity contribution in [2.24, 2.45) is 5.92 Å². The summed E-state index contributed by atoms with van der Waals surface area (Å²) in [5.41, 5.74) is 2.71. The van der Waals surface area contributed by atoms with E-state index in [0.29, 0.717) is 6.17 Å². The van der Waals surface area contributed by atoms with Gasteiger partial charge < -0.3 is 0 Å². The Morgan fingerprint density at radius 3 is 2.87 bits per heavy atom. The van der Waals surface area contributed by atoms with E-state index in [9.17, 15) is 0 Å². The first-order chi connectivity index (χ1) is 14.8. The molecule has 0 radical (unpaired) electrons. The molecule has 0 saturated carbocycles. The quantitative estimate of drug-likeness (QED) is 0.517. The van der Waals surface area contributed by atoms with Gasteiger partial charge in [0.1, 0.15) is 0 Å². The summed E-state index contributed by atoms with van der Waals surface area (Å²) in [6.45, 7) is 6.46. The molecule has 1 aromatic carbocycles. The molecule has 7 heteroatoms. The number of rotatable bonds is 7. The molecule has 2 saturated heterocycles. The third kappa shape index (κ3) is 4.95. The summed E-state index contributed by atoms with van der Waals surface area (Å²) >= 11 is -0.615. The van der Waals surface area contributed by atoms with Crippen LogP contribution in [-0.4, -0.2) is 35.6 Å². The molecule has 0 amide bonds. The summed E-state index contributed by atoms with van der Waals surface area (Å²) in [5, 5.41) is 7.29. The number of piperidine rings is 2. The SMILES string of the molecule is c1cc(CN(Cc2ccc3c(c2)O[I-]O3)CC2CCCNC2)n(C2CCCCN2)c1. The summed E-state index contributed by atoms with van der Waals surface area (Å²) in [6.07, 6.45) is 9.13. The maximum atomic E-state index is 5.72. The molecule has 2 N–H and O–H groups in total. The molecule has 6 nitrogen and oxygen atoms in total. The fraction of sp³-hybridized carbons (Fsp3) is 0.565. The molecule has 4 heterocycles. The van der Waals surface area contributed by atoms with Crippen LogP contribution in [0.2, 0.25) is 0 Å². The molecule has 2 fully saturated rings. The number of nitrogens with one attached hydrogen (secondary N) is 2. The van der Waals surface area contributed by atoms with Crippen LogP contribution in [0.15, 0.2) is 36.5 Å². The monoisotopic (exact) mass is 523 g/mol. The zero-order valence-electron chi connectivity index (χ0n) is 17.5. The van der Waals surface area contributed by atoms with Gasteiger partial charge in [-0.1, -0.05) is 0 Å². The van der Waals surface area contributed by atoms with E-state index >= 15 is 0 Å². The van der Waals surface area contributed by atoms with Gasteiger partial charge >= 0.3 is 185 Å². The van der Waals surface area contributed by atoms with Crippen LogP contribution in [0.5, 0.6) is 11.5 Å². The Labute approximate surface area is 190 Å². The first kappa shape index (κ1) is 20.6. The standard InChI is InChI=1S/C23H32IN4O2/c1-2-11-26-23(7-1)28-12-4-6-20(28)17-27(16-19-5-3-10-25-14-19)15-18-8-9-21-22(13-18)30-24-29-21/h4,6,8-9,12-13,19,23,25-26H,1-3,5,7,10-11,14-17H2/q-1. The molecule has 0 aliphatic carbocycles. The topological polar surface area (TPSA) is 50.7 Å². The van der Waals surface area contributed by atoms with Gasteiger partial charge in [-0.05, 0) is 6.42 Å². The van der Waals surface area contributed by atoms with Crippen molar-refractivity contribution in [2.45, 2.75) is 51.4 Å². The van der Waals surface area contributed by atoms with Gasteiger partial charge in [-0.25, -0.2) is 0 Å². The Morgan fingerprint density at radius 2 is 2.00 bits per heavy atom. The van der Waals surface area contributed by atoms with E-state index in [2.05, 4.69) is 56.6 Å². The van der Waals surface area contributed by atoms with Gasteiger partial charge in [-0.2, -0.15) is 0 Å². The van der Waals surface area contributed by atoms with Crippen molar-refractivity contribution in [1.29, 1.82) is 0 Å². The van der Waals surface area contributed by atoms with Gasteiger partial charge in [0.25, 0.3) is 0 Å². The van der Waals surface area contributed by atoms with Crippen LogP contribution in [0.4, 0.5) is 0 Å². The van der Waals surface area contributed by atoms with Gasteiger partial charge in [0.15, 0.2) is 0 Å². The summed E-state index contributed by atoms with van der Waals surface area (Å²) in [6, 6.07) is 11.0. The van der Waals surface area contributed by atoms with E-state index in [1.165, 1.54) is 43.4 Å². The molecular weight excluding hydrogens is 491 g/mol. The van der Waals surface area contributed by atoms with E-state index in [1.54, 1.807) is 0 Å². The molecule has 2 unspecified atom stereocenters. The van der Waals surface area contributed by atoms with Crippen molar-refractivity contribution in [3.8, 4) is 11.5 Å². The maximum absolute atomic E-state index is 5.72. The van der Waals surface area contributed by atoms with Crippen LogP contribution in [0.1, 0.15) is 49.5 Å². The van der Waals surface area contributed by atoms with E-state index < -0.39 is 22.0 Å². The summed E-state index contributed by atoms with van der Waals surface area (Å²) in [4.78, 5) is 2.62. The number of aromatic nitrogens is 1. The van der Waals surface area contributed by atoms with Crippen molar-refractivity contribution in [3.05, 3.63) is 47.8 Å². The third-order valence-corrected chi connectivity index (χ3v) is 7.74. The third-order valence-electron chi connectivity index (χ3n) is 6.43. The van der Waals surface area contributed by atoms with Gasteiger partial charge in [-0.3, -0.25) is 0 Å². The Bertz CT molecular complexity index is 830. The Kier molecular flexibility index (Phi) is 6.79. The van der Waals surface area contributed by atoms with Crippen LogP contribution in [0, 0.1) is 5.92 Å². The fourth-order valence-corrected chi connectivity index (χ4v) is 6.10. The molecule has 3 aliphatic rings. The van der Waals surface area contributed by atoms with Crippen molar-refractivity contribution >= 4 is 0 Å². The van der Waals surface area contributed by atoms with Crippen molar-refractivity contribution in [1.82, 2.24) is 20.1 Å². The van der Waals surface area contributed by atoms with Gasteiger partial charge in [0.2, 0.25) is 0 Å². The first-order valence-electron chi connectivity index (χ1n) is 11.3. The van der Waals surface area contributed by atoms with E-state index in [4.69, 9.17) is 6.13 Å². The second-order valence-corrected chi connectivity index (χ2v) is 9.99. The summed E-state index contributed by atoms with van der Waals surface area (Å²) in [7, 11) is 0. The molecule has 30 heavy (non-hydrogen) atoms. The van der Waals surface area contributed by atoms with Gasteiger partial charge in [-0.15, -0.1) is 0 Å².